The highest BCUT2D eigenvalue weighted by Gasteiger charge is 2.23. The molecule has 1 aromatic carbocycles. The van der Waals surface area contributed by atoms with Gasteiger partial charge in [-0.05, 0) is 38.0 Å². The van der Waals surface area contributed by atoms with Gasteiger partial charge in [0.1, 0.15) is 0 Å². The number of ether oxygens (including phenoxy) is 1. The Hall–Kier alpha value is -3.09. The van der Waals surface area contributed by atoms with E-state index in [0.717, 1.165) is 24.2 Å². The molecule has 0 radical (unpaired) electrons. The number of anilines is 2. The molecule has 0 aliphatic carbocycles. The van der Waals surface area contributed by atoms with Crippen LogP contribution in [-0.2, 0) is 4.74 Å². The molecule has 27 heavy (non-hydrogen) atoms. The van der Waals surface area contributed by atoms with E-state index in [1.165, 1.54) is 0 Å². The summed E-state index contributed by atoms with van der Waals surface area (Å²) in [5.41, 5.74) is 2.03. The molecule has 2 amide bonds. The fourth-order valence-electron chi connectivity index (χ4n) is 3.02. The molecule has 0 spiro atoms. The maximum Gasteiger partial charge on any atom is 0.409 e. The maximum absolute atomic E-state index is 12.4. The van der Waals surface area contributed by atoms with Crippen molar-refractivity contribution in [1.29, 1.82) is 0 Å². The Labute approximate surface area is 158 Å². The maximum atomic E-state index is 12.4. The van der Waals surface area contributed by atoms with Crippen LogP contribution < -0.4 is 10.6 Å². The average molecular weight is 368 g/mol. The monoisotopic (exact) mass is 368 g/mol. The van der Waals surface area contributed by atoms with Gasteiger partial charge in [0.15, 0.2) is 0 Å². The molecule has 2 aromatic rings. The van der Waals surface area contributed by atoms with Crippen molar-refractivity contribution < 1.29 is 14.3 Å². The van der Waals surface area contributed by atoms with E-state index in [2.05, 4.69) is 15.6 Å². The lowest BCUT2D eigenvalue weighted by molar-refractivity contribution is 0.0981. The van der Waals surface area contributed by atoms with Crippen molar-refractivity contribution in [3.8, 4) is 0 Å². The lowest BCUT2D eigenvalue weighted by Gasteiger charge is -2.32. The number of nitrogens with zero attached hydrogens (tertiary/aromatic N) is 2. The molecule has 3 rings (SSSR count). The second-order valence-electron chi connectivity index (χ2n) is 6.39. The highest BCUT2D eigenvalue weighted by atomic mass is 16.6. The predicted octanol–water partition coefficient (Wildman–Crippen LogP) is 3.37. The summed E-state index contributed by atoms with van der Waals surface area (Å²) in [6.07, 6.45) is 4.64. The van der Waals surface area contributed by atoms with Crippen LogP contribution in [0.25, 0.3) is 0 Å². The number of amides is 2. The second kappa shape index (κ2) is 9.02. The Morgan fingerprint density at radius 1 is 1.15 bits per heavy atom. The van der Waals surface area contributed by atoms with Crippen molar-refractivity contribution >= 4 is 23.4 Å². The minimum absolute atomic E-state index is 0.200. The van der Waals surface area contributed by atoms with Gasteiger partial charge in [-0.15, -0.1) is 0 Å². The first-order valence-electron chi connectivity index (χ1n) is 9.15. The standard InChI is InChI=1S/C20H24N4O3/c1-2-27-20(26)24-10-8-17(9-11-24)22-18-12-15(13-21-14-18)19(25)23-16-6-4-3-5-7-16/h3-7,12-14,17,22H,2,8-11H2,1H3,(H,23,25). The van der Waals surface area contributed by atoms with Crippen molar-refractivity contribution in [2.24, 2.45) is 0 Å². The molecule has 1 aliphatic heterocycles. The van der Waals surface area contributed by atoms with Crippen LogP contribution in [0.5, 0.6) is 0 Å². The molecular weight excluding hydrogens is 344 g/mol. The molecule has 7 nitrogen and oxygen atoms in total. The van der Waals surface area contributed by atoms with E-state index in [1.807, 2.05) is 30.3 Å². The van der Waals surface area contributed by atoms with E-state index in [9.17, 15) is 9.59 Å². The molecule has 2 N–H and O–H groups in total. The van der Waals surface area contributed by atoms with Crippen LogP contribution in [0.15, 0.2) is 48.8 Å². The second-order valence-corrected chi connectivity index (χ2v) is 6.39. The van der Waals surface area contributed by atoms with Gasteiger partial charge in [0.25, 0.3) is 5.91 Å². The average Bonchev–Trinajstić information content (AvgIpc) is 2.70. The molecule has 1 saturated heterocycles. The van der Waals surface area contributed by atoms with E-state index in [1.54, 1.807) is 30.3 Å². The first kappa shape index (κ1) is 18.7. The minimum atomic E-state index is -0.253. The van der Waals surface area contributed by atoms with E-state index < -0.39 is 0 Å². The van der Waals surface area contributed by atoms with Gasteiger partial charge < -0.3 is 20.3 Å². The summed E-state index contributed by atoms with van der Waals surface area (Å²) in [6.45, 7) is 3.50. The summed E-state index contributed by atoms with van der Waals surface area (Å²) in [4.78, 5) is 30.1. The molecule has 0 atom stereocenters. The highest BCUT2D eigenvalue weighted by Crippen LogP contribution is 2.18. The quantitative estimate of drug-likeness (QED) is 0.845. The topological polar surface area (TPSA) is 83.6 Å². The van der Waals surface area contributed by atoms with Gasteiger partial charge in [-0.25, -0.2) is 4.79 Å². The van der Waals surface area contributed by atoms with E-state index >= 15 is 0 Å². The summed E-state index contributed by atoms with van der Waals surface area (Å²) in [6, 6.07) is 11.3. The normalized spacial score (nSPS) is 14.5. The van der Waals surface area contributed by atoms with Gasteiger partial charge >= 0.3 is 6.09 Å². The van der Waals surface area contributed by atoms with E-state index in [4.69, 9.17) is 4.74 Å². The Morgan fingerprint density at radius 2 is 1.89 bits per heavy atom. The Kier molecular flexibility index (Phi) is 6.25. The van der Waals surface area contributed by atoms with Crippen LogP contribution in [0.3, 0.4) is 0 Å². The zero-order valence-corrected chi connectivity index (χ0v) is 15.4. The van der Waals surface area contributed by atoms with Crippen LogP contribution in [-0.4, -0.2) is 47.6 Å². The molecule has 2 heterocycles. The van der Waals surface area contributed by atoms with Crippen LogP contribution in [0.2, 0.25) is 0 Å². The van der Waals surface area contributed by atoms with Crippen molar-refractivity contribution in [3.05, 3.63) is 54.4 Å². The number of nitrogens with one attached hydrogen (secondary N) is 2. The van der Waals surface area contributed by atoms with Gasteiger partial charge in [-0.3, -0.25) is 9.78 Å². The summed E-state index contributed by atoms with van der Waals surface area (Å²) in [5.74, 6) is -0.200. The molecule has 7 heteroatoms. The number of carbonyl (C=O) groups is 2. The molecular formula is C20H24N4O3. The van der Waals surface area contributed by atoms with Crippen LogP contribution in [0.4, 0.5) is 16.2 Å². The first-order valence-corrected chi connectivity index (χ1v) is 9.15. The third-order valence-corrected chi connectivity index (χ3v) is 4.42. The SMILES string of the molecule is CCOC(=O)N1CCC(Nc2cncc(C(=O)Nc3ccccc3)c2)CC1. The number of hydrogen-bond acceptors (Lipinski definition) is 5. The first-order chi connectivity index (χ1) is 13.2. The van der Waals surface area contributed by atoms with Gasteiger partial charge in [-0.1, -0.05) is 18.2 Å². The van der Waals surface area contributed by atoms with Gasteiger partial charge in [-0.2, -0.15) is 0 Å². The summed E-state index contributed by atoms with van der Waals surface area (Å²) in [7, 11) is 0. The number of rotatable bonds is 5. The predicted molar refractivity (Wildman–Crippen MR) is 104 cm³/mol. The fraction of sp³-hybridized carbons (Fsp3) is 0.350. The van der Waals surface area contributed by atoms with E-state index in [0.29, 0.717) is 25.3 Å². The molecule has 0 bridgehead atoms. The van der Waals surface area contributed by atoms with Crippen LogP contribution in [0.1, 0.15) is 30.1 Å². The van der Waals surface area contributed by atoms with Gasteiger partial charge in [0.2, 0.25) is 0 Å². The van der Waals surface area contributed by atoms with Gasteiger partial charge in [0, 0.05) is 37.2 Å². The third-order valence-electron chi connectivity index (χ3n) is 4.42. The van der Waals surface area contributed by atoms with Crippen molar-refractivity contribution in [2.75, 3.05) is 30.3 Å². The highest BCUT2D eigenvalue weighted by molar-refractivity contribution is 6.04. The number of para-hydroxylation sites is 1. The molecule has 0 saturated carbocycles. The summed E-state index contributed by atoms with van der Waals surface area (Å²) < 4.78 is 5.04. The lowest BCUT2D eigenvalue weighted by Crippen LogP contribution is -2.42. The number of benzene rings is 1. The molecule has 0 unspecified atom stereocenters. The molecule has 1 aromatic heterocycles. The van der Waals surface area contributed by atoms with Gasteiger partial charge in [0.05, 0.1) is 17.9 Å². The number of pyridine rings is 1. The number of likely N-dealkylation sites (tertiary alicyclic amines) is 1. The number of aromatic nitrogens is 1. The fourth-order valence-corrected chi connectivity index (χ4v) is 3.02. The third kappa shape index (κ3) is 5.20. The minimum Gasteiger partial charge on any atom is -0.450 e. The largest absolute Gasteiger partial charge is 0.450 e. The summed E-state index contributed by atoms with van der Waals surface area (Å²) >= 11 is 0. The number of hydrogen-bond donors (Lipinski definition) is 2. The lowest BCUT2D eigenvalue weighted by atomic mass is 10.1. The Morgan fingerprint density at radius 3 is 2.59 bits per heavy atom. The van der Waals surface area contributed by atoms with Crippen molar-refractivity contribution in [1.82, 2.24) is 9.88 Å². The zero-order chi connectivity index (χ0) is 19.1. The Bertz CT molecular complexity index is 774. The smallest absolute Gasteiger partial charge is 0.409 e. The number of carbonyl (C=O) groups excluding carboxylic acids is 2. The van der Waals surface area contributed by atoms with Crippen LogP contribution in [0, 0.1) is 0 Å². The van der Waals surface area contributed by atoms with E-state index in [-0.39, 0.29) is 18.0 Å². The summed E-state index contributed by atoms with van der Waals surface area (Å²) in [5, 5.41) is 6.26. The van der Waals surface area contributed by atoms with Crippen molar-refractivity contribution in [2.45, 2.75) is 25.8 Å². The Balaban J connectivity index is 1.55. The number of piperidine rings is 1. The molecule has 1 fully saturated rings. The zero-order valence-electron chi connectivity index (χ0n) is 15.4. The molecule has 1 aliphatic rings. The molecule has 142 valence electrons. The van der Waals surface area contributed by atoms with Crippen LogP contribution >= 0.6 is 0 Å². The van der Waals surface area contributed by atoms with Crippen molar-refractivity contribution in [3.63, 3.8) is 0 Å².